The van der Waals surface area contributed by atoms with Gasteiger partial charge in [0.15, 0.2) is 0 Å². The summed E-state index contributed by atoms with van der Waals surface area (Å²) >= 11 is 0. The van der Waals surface area contributed by atoms with Gasteiger partial charge in [0.2, 0.25) is 0 Å². The Kier molecular flexibility index (Phi) is 4.42. The first-order chi connectivity index (χ1) is 8.24. The van der Waals surface area contributed by atoms with Crippen LogP contribution in [0, 0.1) is 11.3 Å². The van der Waals surface area contributed by atoms with Crippen LogP contribution in [0.15, 0.2) is 0 Å². The first kappa shape index (κ1) is 12.9. The highest BCUT2D eigenvalue weighted by atomic mass is 16.5. The Balaban J connectivity index is 1.75. The molecule has 1 atom stereocenters. The molecule has 1 aliphatic heterocycles. The van der Waals surface area contributed by atoms with E-state index in [2.05, 4.69) is 18.0 Å². The summed E-state index contributed by atoms with van der Waals surface area (Å²) in [7, 11) is 2.09. The van der Waals surface area contributed by atoms with Gasteiger partial charge in [0.05, 0.1) is 17.8 Å². The van der Waals surface area contributed by atoms with Crippen LogP contribution < -0.4 is 0 Å². The molecule has 1 unspecified atom stereocenters. The zero-order valence-electron chi connectivity index (χ0n) is 11.0. The molecule has 2 aliphatic rings. The van der Waals surface area contributed by atoms with E-state index >= 15 is 0 Å². The molecular formula is C14H24N2O. The summed E-state index contributed by atoms with van der Waals surface area (Å²) in [6, 6.07) is 2.20. The fraction of sp³-hybridized carbons (Fsp3) is 0.929. The number of hydrogen-bond donors (Lipinski definition) is 0. The molecule has 0 amide bonds. The minimum absolute atomic E-state index is 0.235. The predicted octanol–water partition coefficient (Wildman–Crippen LogP) is 2.71. The van der Waals surface area contributed by atoms with Crippen molar-refractivity contribution in [3.8, 4) is 6.07 Å². The van der Waals surface area contributed by atoms with Gasteiger partial charge in [0.25, 0.3) is 0 Å². The van der Waals surface area contributed by atoms with Crippen LogP contribution in [-0.2, 0) is 4.74 Å². The summed E-state index contributed by atoms with van der Waals surface area (Å²) < 4.78 is 6.32. The molecule has 17 heavy (non-hydrogen) atoms. The average Bonchev–Trinajstić information content (AvgIpc) is 2.70. The van der Waals surface area contributed by atoms with Crippen molar-refractivity contribution in [2.75, 3.05) is 20.1 Å². The molecule has 2 rings (SSSR count). The first-order valence-electron chi connectivity index (χ1n) is 6.97. The van der Waals surface area contributed by atoms with Crippen LogP contribution in [0.4, 0.5) is 0 Å². The standard InChI is InChI=1S/C14H24N2O/c1-16(11-5-10-15)12-13-6-9-14(17-13)7-3-2-4-8-14/h13H,2-9,11-12H2,1H3. The van der Waals surface area contributed by atoms with Gasteiger partial charge in [0.1, 0.15) is 0 Å². The van der Waals surface area contributed by atoms with Gasteiger partial charge in [-0.05, 0) is 32.7 Å². The maximum atomic E-state index is 8.57. The van der Waals surface area contributed by atoms with E-state index in [0.717, 1.165) is 13.1 Å². The molecule has 0 aromatic rings. The Bertz CT molecular complexity index is 278. The summed E-state index contributed by atoms with van der Waals surface area (Å²) in [6.45, 7) is 1.85. The summed E-state index contributed by atoms with van der Waals surface area (Å²) in [5, 5.41) is 8.57. The summed E-state index contributed by atoms with van der Waals surface area (Å²) in [4.78, 5) is 2.23. The Labute approximate surface area is 105 Å². The van der Waals surface area contributed by atoms with Crippen LogP contribution in [-0.4, -0.2) is 36.7 Å². The van der Waals surface area contributed by atoms with E-state index in [4.69, 9.17) is 10.00 Å². The lowest BCUT2D eigenvalue weighted by Crippen LogP contribution is -2.35. The van der Waals surface area contributed by atoms with E-state index in [1.165, 1.54) is 44.9 Å². The molecule has 1 heterocycles. The number of nitrogens with zero attached hydrogens (tertiary/aromatic N) is 2. The predicted molar refractivity (Wildman–Crippen MR) is 67.7 cm³/mol. The van der Waals surface area contributed by atoms with Crippen LogP contribution in [0.25, 0.3) is 0 Å². The number of rotatable bonds is 4. The average molecular weight is 236 g/mol. The minimum Gasteiger partial charge on any atom is -0.370 e. The van der Waals surface area contributed by atoms with Gasteiger partial charge >= 0.3 is 0 Å². The van der Waals surface area contributed by atoms with E-state index in [9.17, 15) is 0 Å². The van der Waals surface area contributed by atoms with Crippen LogP contribution in [0.3, 0.4) is 0 Å². The van der Waals surface area contributed by atoms with E-state index in [0.29, 0.717) is 12.5 Å². The number of ether oxygens (including phenoxy) is 1. The Morgan fingerprint density at radius 3 is 2.76 bits per heavy atom. The summed E-state index contributed by atoms with van der Waals surface area (Å²) in [5.74, 6) is 0. The Morgan fingerprint density at radius 1 is 1.29 bits per heavy atom. The van der Waals surface area contributed by atoms with Crippen molar-refractivity contribution in [3.63, 3.8) is 0 Å². The van der Waals surface area contributed by atoms with E-state index in [-0.39, 0.29) is 5.60 Å². The molecule has 1 saturated heterocycles. The maximum Gasteiger partial charge on any atom is 0.0710 e. The van der Waals surface area contributed by atoms with Gasteiger partial charge in [-0.25, -0.2) is 0 Å². The van der Waals surface area contributed by atoms with Crippen molar-refractivity contribution in [1.82, 2.24) is 4.90 Å². The number of nitriles is 1. The Hall–Kier alpha value is -0.590. The third-order valence-corrected chi connectivity index (χ3v) is 4.22. The highest BCUT2D eigenvalue weighted by molar-refractivity contribution is 4.92. The second-order valence-corrected chi connectivity index (χ2v) is 5.69. The molecule has 3 nitrogen and oxygen atoms in total. The van der Waals surface area contributed by atoms with Crippen LogP contribution in [0.5, 0.6) is 0 Å². The molecule has 1 spiro atoms. The first-order valence-corrected chi connectivity index (χ1v) is 6.97. The molecule has 2 fully saturated rings. The van der Waals surface area contributed by atoms with Gasteiger partial charge in [0, 0.05) is 19.5 Å². The van der Waals surface area contributed by atoms with Gasteiger partial charge in [-0.2, -0.15) is 5.26 Å². The molecule has 1 aliphatic carbocycles. The molecule has 0 radical (unpaired) electrons. The molecule has 1 saturated carbocycles. The number of likely N-dealkylation sites (N-methyl/N-ethyl adjacent to an activating group) is 1. The van der Waals surface area contributed by atoms with Crippen molar-refractivity contribution in [3.05, 3.63) is 0 Å². The fourth-order valence-corrected chi connectivity index (χ4v) is 3.27. The topological polar surface area (TPSA) is 36.3 Å². The summed E-state index contributed by atoms with van der Waals surface area (Å²) in [5.41, 5.74) is 0.235. The van der Waals surface area contributed by atoms with Gasteiger partial charge < -0.3 is 9.64 Å². The van der Waals surface area contributed by atoms with Crippen molar-refractivity contribution < 1.29 is 4.74 Å². The maximum absolute atomic E-state index is 8.57. The lowest BCUT2D eigenvalue weighted by atomic mass is 9.83. The highest BCUT2D eigenvalue weighted by Gasteiger charge is 2.40. The third kappa shape index (κ3) is 3.43. The van der Waals surface area contributed by atoms with E-state index < -0.39 is 0 Å². The second-order valence-electron chi connectivity index (χ2n) is 5.69. The van der Waals surface area contributed by atoms with Crippen LogP contribution >= 0.6 is 0 Å². The monoisotopic (exact) mass is 236 g/mol. The molecular weight excluding hydrogens is 212 g/mol. The molecule has 0 bridgehead atoms. The van der Waals surface area contributed by atoms with Crippen LogP contribution in [0.2, 0.25) is 0 Å². The molecule has 96 valence electrons. The third-order valence-electron chi connectivity index (χ3n) is 4.22. The van der Waals surface area contributed by atoms with E-state index in [1.807, 2.05) is 0 Å². The van der Waals surface area contributed by atoms with Crippen molar-refractivity contribution >= 4 is 0 Å². The summed E-state index contributed by atoms with van der Waals surface area (Å²) in [6.07, 6.45) is 10.1. The quantitative estimate of drug-likeness (QED) is 0.753. The second kappa shape index (κ2) is 5.84. The highest BCUT2D eigenvalue weighted by Crippen LogP contribution is 2.41. The van der Waals surface area contributed by atoms with Crippen molar-refractivity contribution in [1.29, 1.82) is 5.26 Å². The van der Waals surface area contributed by atoms with Crippen LogP contribution in [0.1, 0.15) is 51.4 Å². The molecule has 3 heteroatoms. The van der Waals surface area contributed by atoms with Crippen molar-refractivity contribution in [2.45, 2.75) is 63.1 Å². The van der Waals surface area contributed by atoms with E-state index in [1.54, 1.807) is 0 Å². The largest absolute Gasteiger partial charge is 0.370 e. The lowest BCUT2D eigenvalue weighted by Gasteiger charge is -2.33. The zero-order valence-corrected chi connectivity index (χ0v) is 11.0. The minimum atomic E-state index is 0.235. The molecule has 0 N–H and O–H groups in total. The number of hydrogen-bond acceptors (Lipinski definition) is 3. The fourth-order valence-electron chi connectivity index (χ4n) is 3.27. The van der Waals surface area contributed by atoms with Crippen molar-refractivity contribution in [2.24, 2.45) is 0 Å². The van der Waals surface area contributed by atoms with Gasteiger partial charge in [-0.15, -0.1) is 0 Å². The van der Waals surface area contributed by atoms with Gasteiger partial charge in [-0.3, -0.25) is 0 Å². The van der Waals surface area contributed by atoms with Gasteiger partial charge in [-0.1, -0.05) is 19.3 Å². The molecule has 0 aromatic heterocycles. The zero-order chi connectivity index (χ0) is 12.1. The SMILES string of the molecule is CN(CCC#N)CC1CCC2(CCCCC2)O1. The molecule has 0 aromatic carbocycles. The smallest absolute Gasteiger partial charge is 0.0710 e. The lowest BCUT2D eigenvalue weighted by molar-refractivity contribution is -0.0700. The normalized spacial score (nSPS) is 27.5. The Morgan fingerprint density at radius 2 is 2.06 bits per heavy atom.